The van der Waals surface area contributed by atoms with Gasteiger partial charge in [-0.2, -0.15) is 5.10 Å². The van der Waals surface area contributed by atoms with Crippen molar-refractivity contribution in [2.75, 3.05) is 6.61 Å². The zero-order valence-corrected chi connectivity index (χ0v) is 13.9. The summed E-state index contributed by atoms with van der Waals surface area (Å²) in [6, 6.07) is 14.8. The molecule has 4 nitrogen and oxygen atoms in total. The van der Waals surface area contributed by atoms with Crippen LogP contribution in [0.3, 0.4) is 0 Å². The van der Waals surface area contributed by atoms with Gasteiger partial charge in [0.05, 0.1) is 18.7 Å². The summed E-state index contributed by atoms with van der Waals surface area (Å²) in [7, 11) is 0. The largest absolute Gasteiger partial charge is 0.494 e. The van der Waals surface area contributed by atoms with Crippen LogP contribution in [0, 0.1) is 0 Å². The number of carbonyl (C=O) groups excluding carboxylic acids is 1. The first kappa shape index (κ1) is 17.0. The van der Waals surface area contributed by atoms with Crippen molar-refractivity contribution in [3.63, 3.8) is 0 Å². The third-order valence-electron chi connectivity index (χ3n) is 3.21. The van der Waals surface area contributed by atoms with Gasteiger partial charge in [-0.15, -0.1) is 0 Å². The van der Waals surface area contributed by atoms with E-state index >= 15 is 0 Å². The standard InChI is InChI=1S/C18H19ClN2O2/c1-3-23-17-10-6-15(7-11-17)13(2)20-21-18(22)12-14-4-8-16(19)9-5-14/h4-11H,3,12H2,1-2H3,(H,21,22). The Morgan fingerprint density at radius 3 is 2.39 bits per heavy atom. The lowest BCUT2D eigenvalue weighted by Gasteiger charge is -2.05. The molecule has 2 aromatic carbocycles. The smallest absolute Gasteiger partial charge is 0.244 e. The summed E-state index contributed by atoms with van der Waals surface area (Å²) in [5.41, 5.74) is 5.12. The number of nitrogens with one attached hydrogen (secondary N) is 1. The maximum Gasteiger partial charge on any atom is 0.244 e. The Bertz CT molecular complexity index is 679. The van der Waals surface area contributed by atoms with Crippen LogP contribution in [0.15, 0.2) is 53.6 Å². The van der Waals surface area contributed by atoms with Crippen molar-refractivity contribution in [3.05, 3.63) is 64.7 Å². The molecule has 1 N–H and O–H groups in total. The van der Waals surface area contributed by atoms with Crippen molar-refractivity contribution >= 4 is 23.2 Å². The van der Waals surface area contributed by atoms with Crippen molar-refractivity contribution in [1.82, 2.24) is 5.43 Å². The van der Waals surface area contributed by atoms with E-state index in [2.05, 4.69) is 10.5 Å². The van der Waals surface area contributed by atoms with Crippen LogP contribution >= 0.6 is 11.6 Å². The molecule has 23 heavy (non-hydrogen) atoms. The van der Waals surface area contributed by atoms with E-state index in [4.69, 9.17) is 16.3 Å². The highest BCUT2D eigenvalue weighted by Crippen LogP contribution is 2.13. The van der Waals surface area contributed by atoms with Gasteiger partial charge in [-0.05, 0) is 61.4 Å². The van der Waals surface area contributed by atoms with Crippen LogP contribution in [0.25, 0.3) is 0 Å². The lowest BCUT2D eigenvalue weighted by atomic mass is 10.1. The summed E-state index contributed by atoms with van der Waals surface area (Å²) < 4.78 is 5.39. The van der Waals surface area contributed by atoms with E-state index < -0.39 is 0 Å². The first-order valence-electron chi connectivity index (χ1n) is 7.39. The van der Waals surface area contributed by atoms with Gasteiger partial charge in [-0.1, -0.05) is 23.7 Å². The quantitative estimate of drug-likeness (QED) is 0.646. The fourth-order valence-corrected chi connectivity index (χ4v) is 2.12. The Morgan fingerprint density at radius 1 is 1.13 bits per heavy atom. The molecule has 2 rings (SSSR count). The highest BCUT2D eigenvalue weighted by molar-refractivity contribution is 6.30. The molecule has 0 fully saturated rings. The normalized spacial score (nSPS) is 11.2. The highest BCUT2D eigenvalue weighted by Gasteiger charge is 2.04. The second-order valence-electron chi connectivity index (χ2n) is 4.99. The lowest BCUT2D eigenvalue weighted by molar-refractivity contribution is -0.120. The molecule has 0 aliphatic rings. The van der Waals surface area contributed by atoms with Crippen LogP contribution in [0.4, 0.5) is 0 Å². The molecule has 120 valence electrons. The number of hydrogen-bond acceptors (Lipinski definition) is 3. The summed E-state index contributed by atoms with van der Waals surface area (Å²) in [6.45, 7) is 4.42. The van der Waals surface area contributed by atoms with E-state index in [1.807, 2.05) is 50.2 Å². The molecule has 2 aromatic rings. The summed E-state index contributed by atoms with van der Waals surface area (Å²) in [5.74, 6) is 0.647. The van der Waals surface area contributed by atoms with Crippen molar-refractivity contribution < 1.29 is 9.53 Å². The Hall–Kier alpha value is -2.33. The zero-order valence-electron chi connectivity index (χ0n) is 13.2. The molecule has 0 aliphatic carbocycles. The molecule has 0 heterocycles. The van der Waals surface area contributed by atoms with Crippen molar-refractivity contribution in [3.8, 4) is 5.75 Å². The third kappa shape index (κ3) is 5.42. The van der Waals surface area contributed by atoms with Crippen molar-refractivity contribution in [2.24, 2.45) is 5.10 Å². The molecular weight excluding hydrogens is 312 g/mol. The first-order valence-corrected chi connectivity index (χ1v) is 7.77. The summed E-state index contributed by atoms with van der Waals surface area (Å²) >= 11 is 5.82. The van der Waals surface area contributed by atoms with Crippen LogP contribution in [0.2, 0.25) is 5.02 Å². The minimum absolute atomic E-state index is 0.169. The average molecular weight is 331 g/mol. The molecule has 0 aliphatic heterocycles. The third-order valence-corrected chi connectivity index (χ3v) is 3.46. The predicted octanol–water partition coefficient (Wildman–Crippen LogP) is 3.82. The minimum atomic E-state index is -0.169. The maximum atomic E-state index is 11.9. The molecule has 0 spiro atoms. The van der Waals surface area contributed by atoms with E-state index in [-0.39, 0.29) is 12.3 Å². The molecule has 5 heteroatoms. The Labute approximate surface area is 141 Å². The van der Waals surface area contributed by atoms with Crippen molar-refractivity contribution in [2.45, 2.75) is 20.3 Å². The van der Waals surface area contributed by atoms with Gasteiger partial charge < -0.3 is 4.74 Å². The number of rotatable bonds is 6. The monoisotopic (exact) mass is 330 g/mol. The van der Waals surface area contributed by atoms with Crippen LogP contribution < -0.4 is 10.2 Å². The van der Waals surface area contributed by atoms with Crippen LogP contribution in [0.1, 0.15) is 25.0 Å². The molecule has 0 saturated carbocycles. The first-order chi connectivity index (χ1) is 11.1. The van der Waals surface area contributed by atoms with Crippen LogP contribution in [-0.2, 0) is 11.2 Å². The molecule has 0 radical (unpaired) electrons. The second kappa shape index (κ2) is 8.34. The number of hydrazone groups is 1. The minimum Gasteiger partial charge on any atom is -0.494 e. The average Bonchev–Trinajstić information content (AvgIpc) is 2.56. The van der Waals surface area contributed by atoms with Gasteiger partial charge in [0, 0.05) is 5.02 Å². The van der Waals surface area contributed by atoms with Gasteiger partial charge in [0.1, 0.15) is 5.75 Å². The van der Waals surface area contributed by atoms with Gasteiger partial charge in [0.15, 0.2) is 0 Å². The number of ether oxygens (including phenoxy) is 1. The van der Waals surface area contributed by atoms with E-state index in [9.17, 15) is 4.79 Å². The van der Waals surface area contributed by atoms with Gasteiger partial charge in [-0.25, -0.2) is 5.43 Å². The van der Waals surface area contributed by atoms with E-state index in [1.165, 1.54) is 0 Å². The number of halogens is 1. The summed E-state index contributed by atoms with van der Waals surface area (Å²) in [4.78, 5) is 11.9. The highest BCUT2D eigenvalue weighted by atomic mass is 35.5. The van der Waals surface area contributed by atoms with E-state index in [0.29, 0.717) is 11.6 Å². The van der Waals surface area contributed by atoms with Gasteiger partial charge >= 0.3 is 0 Å². The molecule has 0 unspecified atom stereocenters. The Balaban J connectivity index is 1.92. The Morgan fingerprint density at radius 2 is 1.78 bits per heavy atom. The second-order valence-corrected chi connectivity index (χ2v) is 5.43. The van der Waals surface area contributed by atoms with Crippen molar-refractivity contribution in [1.29, 1.82) is 0 Å². The number of nitrogens with zero attached hydrogens (tertiary/aromatic N) is 1. The molecule has 0 bridgehead atoms. The SMILES string of the molecule is CCOc1ccc(C(C)=NNC(=O)Cc2ccc(Cl)cc2)cc1. The number of hydrogen-bond donors (Lipinski definition) is 1. The van der Waals surface area contributed by atoms with E-state index in [0.717, 1.165) is 22.6 Å². The van der Waals surface area contributed by atoms with Gasteiger partial charge in [-0.3, -0.25) is 4.79 Å². The number of benzene rings is 2. The summed E-state index contributed by atoms with van der Waals surface area (Å²) in [6.07, 6.45) is 0.261. The zero-order chi connectivity index (χ0) is 16.7. The molecule has 0 atom stereocenters. The molecule has 0 saturated heterocycles. The fraction of sp³-hybridized carbons (Fsp3) is 0.222. The maximum absolute atomic E-state index is 11.9. The summed E-state index contributed by atoms with van der Waals surface area (Å²) in [5, 5.41) is 4.79. The fourth-order valence-electron chi connectivity index (χ4n) is 2.00. The lowest BCUT2D eigenvalue weighted by Crippen LogP contribution is -2.21. The van der Waals surface area contributed by atoms with E-state index in [1.54, 1.807) is 12.1 Å². The van der Waals surface area contributed by atoms with Crippen LogP contribution in [-0.4, -0.2) is 18.2 Å². The van der Waals surface area contributed by atoms with Gasteiger partial charge in [0.2, 0.25) is 5.91 Å². The molecule has 1 amide bonds. The predicted molar refractivity (Wildman–Crippen MR) is 93.1 cm³/mol. The molecular formula is C18H19ClN2O2. The number of amides is 1. The van der Waals surface area contributed by atoms with Gasteiger partial charge in [0.25, 0.3) is 0 Å². The van der Waals surface area contributed by atoms with Crippen LogP contribution in [0.5, 0.6) is 5.75 Å². The topological polar surface area (TPSA) is 50.7 Å². The Kier molecular flexibility index (Phi) is 6.18. The number of carbonyl (C=O) groups is 1. The molecule has 0 aromatic heterocycles.